The minimum Gasteiger partial charge on any atom is -0.488 e. The average Bonchev–Trinajstić information content (AvgIpc) is 3.66. The number of hydrogen-bond donors (Lipinski definition) is 0. The molecule has 5 rings (SSSR count). The van der Waals surface area contributed by atoms with E-state index in [4.69, 9.17) is 27.5 Å². The first-order chi connectivity index (χ1) is 24.7. The summed E-state index contributed by atoms with van der Waals surface area (Å²) in [5.74, 6) is 0.895. The summed E-state index contributed by atoms with van der Waals surface area (Å²) < 4.78 is 40.1. The summed E-state index contributed by atoms with van der Waals surface area (Å²) in [6.07, 6.45) is 4.93. The van der Waals surface area contributed by atoms with Crippen LogP contribution in [0.3, 0.4) is 0 Å². The van der Waals surface area contributed by atoms with Gasteiger partial charge in [0.25, 0.3) is 0 Å². The van der Waals surface area contributed by atoms with Crippen LogP contribution in [0.1, 0.15) is 123 Å². The van der Waals surface area contributed by atoms with Gasteiger partial charge in [0, 0.05) is 23.3 Å². The largest absolute Gasteiger partial charge is 0.488 e. The first-order valence-electron chi connectivity index (χ1n) is 20.1. The summed E-state index contributed by atoms with van der Waals surface area (Å²) in [5.41, 5.74) is 4.05. The molecule has 9 heteroatoms. The molecule has 2 aliphatic rings. The third-order valence-corrected chi connectivity index (χ3v) is 21.5. The second-order valence-electron chi connectivity index (χ2n) is 19.1. The van der Waals surface area contributed by atoms with Crippen LogP contribution < -0.4 is 4.74 Å². The van der Waals surface area contributed by atoms with E-state index in [1.165, 1.54) is 0 Å². The average molecular weight is 765 g/mol. The molecule has 1 aromatic heterocycles. The number of benzene rings is 2. The summed E-state index contributed by atoms with van der Waals surface area (Å²) >= 11 is 0. The van der Waals surface area contributed by atoms with Gasteiger partial charge < -0.3 is 27.5 Å². The van der Waals surface area contributed by atoms with Crippen molar-refractivity contribution in [1.29, 1.82) is 0 Å². The molecule has 294 valence electrons. The second kappa shape index (κ2) is 15.6. The molecule has 0 amide bonds. The van der Waals surface area contributed by atoms with Crippen molar-refractivity contribution in [3.8, 4) is 5.75 Å². The lowest BCUT2D eigenvalue weighted by molar-refractivity contribution is -0.173. The van der Waals surface area contributed by atoms with Crippen molar-refractivity contribution in [3.05, 3.63) is 64.9 Å². The van der Waals surface area contributed by atoms with Crippen LogP contribution in [0.5, 0.6) is 5.75 Å². The highest BCUT2D eigenvalue weighted by atomic mass is 28.4. The fraction of sp³-hybridized carbons (Fsp3) is 0.659. The Morgan fingerprint density at radius 3 is 2.17 bits per heavy atom. The zero-order valence-corrected chi connectivity index (χ0v) is 37.2. The summed E-state index contributed by atoms with van der Waals surface area (Å²) in [7, 11) is -4.38. The molecule has 0 bridgehead atoms. The van der Waals surface area contributed by atoms with E-state index in [0.717, 1.165) is 64.7 Å². The molecular formula is C44H68O7Si2. The molecule has 7 nitrogen and oxygen atoms in total. The Morgan fingerprint density at radius 1 is 0.943 bits per heavy atom. The van der Waals surface area contributed by atoms with E-state index in [-0.39, 0.29) is 40.3 Å². The second-order valence-corrected chi connectivity index (χ2v) is 28.6. The Bertz CT molecular complexity index is 1720. The highest BCUT2D eigenvalue weighted by Crippen LogP contribution is 2.53. The lowest BCUT2D eigenvalue weighted by atomic mass is 9.81. The first-order valence-corrected chi connectivity index (χ1v) is 25.9. The Balaban J connectivity index is 1.61. The minimum absolute atomic E-state index is 0.0127. The highest BCUT2D eigenvalue weighted by Gasteiger charge is 2.71. The summed E-state index contributed by atoms with van der Waals surface area (Å²) in [6, 6.07) is 12.6. The Labute approximate surface area is 322 Å². The van der Waals surface area contributed by atoms with E-state index in [1.54, 1.807) is 0 Å². The fourth-order valence-corrected chi connectivity index (χ4v) is 9.58. The minimum atomic E-state index is -2.24. The third kappa shape index (κ3) is 8.54. The quantitative estimate of drug-likeness (QED) is 0.0866. The van der Waals surface area contributed by atoms with E-state index in [2.05, 4.69) is 114 Å². The molecule has 0 N–H and O–H groups in total. The van der Waals surface area contributed by atoms with Crippen molar-refractivity contribution >= 4 is 33.6 Å². The SMILES string of the molecule is CCC[C@H](c1coc2c(CO[Si](C)(C)C(C)(C)C)c(OCc3ccccc3)c(CC(C)C)cc12)C1CC(O[Si](C)(C)C(C)(C)C)[C@@]2(O[C@H]2CC)C(=O)O1. The molecule has 2 aromatic carbocycles. The zero-order chi connectivity index (χ0) is 39.1. The highest BCUT2D eigenvalue weighted by molar-refractivity contribution is 6.74. The van der Waals surface area contributed by atoms with E-state index in [0.29, 0.717) is 25.6 Å². The Morgan fingerprint density at radius 2 is 1.60 bits per heavy atom. The zero-order valence-electron chi connectivity index (χ0n) is 35.2. The van der Waals surface area contributed by atoms with Gasteiger partial charge in [0.05, 0.1) is 24.5 Å². The van der Waals surface area contributed by atoms with Gasteiger partial charge in [-0.15, -0.1) is 0 Å². The first kappa shape index (κ1) is 41.7. The van der Waals surface area contributed by atoms with Crippen molar-refractivity contribution < 1.29 is 32.3 Å². The van der Waals surface area contributed by atoms with E-state index in [9.17, 15) is 4.79 Å². The maximum Gasteiger partial charge on any atom is 0.344 e. The smallest absolute Gasteiger partial charge is 0.344 e. The molecule has 2 aliphatic heterocycles. The van der Waals surface area contributed by atoms with E-state index in [1.807, 2.05) is 24.5 Å². The molecule has 5 atom stereocenters. The molecule has 0 saturated carbocycles. The van der Waals surface area contributed by atoms with Gasteiger partial charge in [-0.3, -0.25) is 0 Å². The number of furan rings is 1. The number of epoxide rings is 1. The fourth-order valence-electron chi connectivity index (χ4n) is 7.30. The lowest BCUT2D eigenvalue weighted by Gasteiger charge is -2.44. The number of esters is 1. The van der Waals surface area contributed by atoms with Gasteiger partial charge in [0.2, 0.25) is 5.60 Å². The summed E-state index contributed by atoms with van der Waals surface area (Å²) in [6.45, 7) is 32.2. The van der Waals surface area contributed by atoms with Crippen LogP contribution in [0.25, 0.3) is 11.0 Å². The molecule has 0 radical (unpaired) electrons. The van der Waals surface area contributed by atoms with Crippen molar-refractivity contribution in [2.45, 2.75) is 181 Å². The van der Waals surface area contributed by atoms with Crippen LogP contribution in [-0.2, 0) is 42.8 Å². The molecule has 3 aromatic rings. The van der Waals surface area contributed by atoms with Crippen molar-refractivity contribution in [2.24, 2.45) is 5.92 Å². The summed E-state index contributed by atoms with van der Waals surface area (Å²) in [5, 5.41) is 1.08. The van der Waals surface area contributed by atoms with Crippen molar-refractivity contribution in [1.82, 2.24) is 0 Å². The monoisotopic (exact) mass is 764 g/mol. The molecule has 2 unspecified atom stereocenters. The van der Waals surface area contributed by atoms with Gasteiger partial charge in [-0.25, -0.2) is 4.79 Å². The standard InChI is InChI=1S/C44H68O7Si2/c1-15-20-32(36-25-38(51-53(13,14)43(8,9)10)44(41(45)49-36)37(16-2)50-44)34-27-47-40-33(34)24-31(23-29(3)4)39(46-26-30-21-18-17-19-22-30)35(40)28-48-52(11,12)42(5,6)7/h17-19,21-22,24,27,29,32,36-38H,15-16,20,23,25-26,28H2,1-14H3/t32-,36?,37+,38?,44-/m1/s1. The normalized spacial score (nSPS) is 23.2. The topological polar surface area (TPSA) is 79.7 Å². The lowest BCUT2D eigenvalue weighted by Crippen LogP contribution is -2.57. The van der Waals surface area contributed by atoms with Gasteiger partial charge in [0.1, 0.15) is 30.1 Å². The van der Waals surface area contributed by atoms with Crippen LogP contribution >= 0.6 is 0 Å². The number of carbonyl (C=O) groups is 1. The van der Waals surface area contributed by atoms with Gasteiger partial charge in [-0.05, 0) is 78.6 Å². The molecular weight excluding hydrogens is 697 g/mol. The maximum absolute atomic E-state index is 14.1. The van der Waals surface area contributed by atoms with Crippen molar-refractivity contribution in [2.75, 3.05) is 0 Å². The van der Waals surface area contributed by atoms with Gasteiger partial charge in [-0.2, -0.15) is 0 Å². The Kier molecular flexibility index (Phi) is 12.3. The maximum atomic E-state index is 14.1. The molecule has 2 saturated heterocycles. The number of fused-ring (bicyclic) bond motifs is 1. The molecule has 53 heavy (non-hydrogen) atoms. The number of cyclic esters (lactones) is 1. The van der Waals surface area contributed by atoms with Crippen LogP contribution in [0, 0.1) is 5.92 Å². The number of hydrogen-bond acceptors (Lipinski definition) is 7. The molecule has 0 aliphatic carbocycles. The number of ether oxygens (including phenoxy) is 3. The molecule has 3 heterocycles. The van der Waals surface area contributed by atoms with Crippen molar-refractivity contribution in [3.63, 3.8) is 0 Å². The van der Waals surface area contributed by atoms with Gasteiger partial charge in [-0.1, -0.05) is 106 Å². The van der Waals surface area contributed by atoms with Crippen LogP contribution in [0.15, 0.2) is 47.1 Å². The summed E-state index contributed by atoms with van der Waals surface area (Å²) in [4.78, 5) is 14.1. The van der Waals surface area contributed by atoms with Crippen LogP contribution in [0.2, 0.25) is 36.3 Å². The third-order valence-electron chi connectivity index (χ3n) is 12.6. The Hall–Kier alpha value is -2.44. The van der Waals surface area contributed by atoms with Gasteiger partial charge in [0.15, 0.2) is 16.6 Å². The number of carbonyl (C=O) groups excluding carboxylic acids is 1. The van der Waals surface area contributed by atoms with Crippen LogP contribution in [0.4, 0.5) is 0 Å². The predicted molar refractivity (Wildman–Crippen MR) is 220 cm³/mol. The van der Waals surface area contributed by atoms with E-state index < -0.39 is 22.2 Å². The number of rotatable bonds is 15. The molecule has 2 fully saturated rings. The van der Waals surface area contributed by atoms with E-state index >= 15 is 0 Å². The van der Waals surface area contributed by atoms with Crippen LogP contribution in [-0.4, -0.2) is 46.5 Å². The molecule has 1 spiro atoms. The van der Waals surface area contributed by atoms with Gasteiger partial charge >= 0.3 is 5.97 Å². The predicted octanol–water partition coefficient (Wildman–Crippen LogP) is 11.9.